The first-order chi connectivity index (χ1) is 6.75. The minimum atomic E-state index is 0.318. The summed E-state index contributed by atoms with van der Waals surface area (Å²) in [5.41, 5.74) is 7.78. The average Bonchev–Trinajstić information content (AvgIpc) is 2.15. The second-order valence-electron chi connectivity index (χ2n) is 4.64. The summed E-state index contributed by atoms with van der Waals surface area (Å²) in [5.74, 6) is 0.640. The molecule has 2 N–H and O–H groups in total. The van der Waals surface area contributed by atoms with Crippen molar-refractivity contribution in [3.05, 3.63) is 11.6 Å². The van der Waals surface area contributed by atoms with Crippen molar-refractivity contribution in [2.45, 2.75) is 64.8 Å². The zero-order valence-corrected chi connectivity index (χ0v) is 9.76. The van der Waals surface area contributed by atoms with Crippen LogP contribution in [-0.2, 0) is 0 Å². The molecule has 0 fully saturated rings. The van der Waals surface area contributed by atoms with E-state index >= 15 is 0 Å². The highest BCUT2D eigenvalue weighted by Gasteiger charge is 2.15. The van der Waals surface area contributed by atoms with E-state index in [9.17, 15) is 0 Å². The number of hydrogen-bond donors (Lipinski definition) is 1. The molecule has 0 amide bonds. The van der Waals surface area contributed by atoms with Crippen LogP contribution in [0.4, 0.5) is 0 Å². The highest BCUT2D eigenvalue weighted by Crippen LogP contribution is 2.23. The maximum atomic E-state index is 6.25. The van der Waals surface area contributed by atoms with Gasteiger partial charge in [0.25, 0.3) is 0 Å². The van der Waals surface area contributed by atoms with Gasteiger partial charge >= 0.3 is 0 Å². The molecule has 0 aromatic carbocycles. The van der Waals surface area contributed by atoms with Gasteiger partial charge in [-0.15, -0.1) is 0 Å². The molecule has 0 bridgehead atoms. The van der Waals surface area contributed by atoms with Gasteiger partial charge < -0.3 is 5.73 Å². The molecule has 1 aliphatic carbocycles. The molecule has 1 nitrogen and oxygen atoms in total. The molecular weight excluding hydrogens is 170 g/mol. The molecule has 0 aliphatic heterocycles. The molecule has 1 heteroatoms. The quantitative estimate of drug-likeness (QED) is 0.684. The van der Waals surface area contributed by atoms with E-state index in [2.05, 4.69) is 19.9 Å². The minimum Gasteiger partial charge on any atom is -0.324 e. The van der Waals surface area contributed by atoms with E-state index in [1.165, 1.54) is 50.5 Å². The third-order valence-electron chi connectivity index (χ3n) is 3.51. The number of hydrogen-bond acceptors (Lipinski definition) is 1. The summed E-state index contributed by atoms with van der Waals surface area (Å²) in [5, 5.41) is 0. The maximum Gasteiger partial charge on any atom is 0.0279 e. The van der Waals surface area contributed by atoms with Crippen LogP contribution in [0.5, 0.6) is 0 Å². The monoisotopic (exact) mass is 195 g/mol. The number of nitrogens with two attached hydrogens (primary N) is 1. The van der Waals surface area contributed by atoms with Gasteiger partial charge in [0.1, 0.15) is 0 Å². The van der Waals surface area contributed by atoms with Crippen LogP contribution in [0.15, 0.2) is 11.6 Å². The number of rotatable bonds is 3. The third-order valence-corrected chi connectivity index (χ3v) is 3.51. The SMILES string of the molecule is CCC(C)C(N)C1=CCCCCCC1. The fourth-order valence-corrected chi connectivity index (χ4v) is 2.14. The fraction of sp³-hybridized carbons (Fsp3) is 0.846. The molecular formula is C13H25N. The number of allylic oxidation sites excluding steroid dienone is 1. The molecule has 0 aromatic heterocycles. The van der Waals surface area contributed by atoms with Crippen molar-refractivity contribution < 1.29 is 0 Å². The Morgan fingerprint density at radius 1 is 1.29 bits per heavy atom. The summed E-state index contributed by atoms with van der Waals surface area (Å²) in [6, 6.07) is 0.318. The molecule has 0 saturated heterocycles. The van der Waals surface area contributed by atoms with Crippen LogP contribution in [0.1, 0.15) is 58.8 Å². The van der Waals surface area contributed by atoms with Gasteiger partial charge in [0.05, 0.1) is 0 Å². The van der Waals surface area contributed by atoms with Gasteiger partial charge in [0.2, 0.25) is 0 Å². The topological polar surface area (TPSA) is 26.0 Å². The lowest BCUT2D eigenvalue weighted by molar-refractivity contribution is 0.465. The summed E-state index contributed by atoms with van der Waals surface area (Å²) >= 11 is 0. The summed E-state index contributed by atoms with van der Waals surface area (Å²) in [7, 11) is 0. The van der Waals surface area contributed by atoms with Gasteiger partial charge in [-0.05, 0) is 31.6 Å². The Morgan fingerprint density at radius 2 is 2.00 bits per heavy atom. The predicted octanol–water partition coefficient (Wildman–Crippen LogP) is 3.64. The summed E-state index contributed by atoms with van der Waals surface area (Å²) in [6.45, 7) is 4.50. The van der Waals surface area contributed by atoms with Crippen molar-refractivity contribution in [2.75, 3.05) is 0 Å². The first kappa shape index (κ1) is 11.8. The van der Waals surface area contributed by atoms with Crippen molar-refractivity contribution >= 4 is 0 Å². The van der Waals surface area contributed by atoms with E-state index in [1.807, 2.05) is 0 Å². The van der Waals surface area contributed by atoms with Crippen LogP contribution in [-0.4, -0.2) is 6.04 Å². The third kappa shape index (κ3) is 3.45. The molecule has 14 heavy (non-hydrogen) atoms. The fourth-order valence-electron chi connectivity index (χ4n) is 2.14. The lowest BCUT2D eigenvalue weighted by Crippen LogP contribution is -2.30. The summed E-state index contributed by atoms with van der Waals surface area (Å²) in [4.78, 5) is 0. The lowest BCUT2D eigenvalue weighted by Gasteiger charge is -2.23. The molecule has 0 saturated carbocycles. The Morgan fingerprint density at radius 3 is 2.71 bits per heavy atom. The van der Waals surface area contributed by atoms with Crippen molar-refractivity contribution in [3.63, 3.8) is 0 Å². The van der Waals surface area contributed by atoms with E-state index in [1.54, 1.807) is 0 Å². The average molecular weight is 195 g/mol. The van der Waals surface area contributed by atoms with Crippen molar-refractivity contribution in [1.82, 2.24) is 0 Å². The van der Waals surface area contributed by atoms with Crippen LogP contribution >= 0.6 is 0 Å². The van der Waals surface area contributed by atoms with Crippen molar-refractivity contribution in [1.29, 1.82) is 0 Å². The highest BCUT2D eigenvalue weighted by molar-refractivity contribution is 5.11. The van der Waals surface area contributed by atoms with Gasteiger partial charge in [-0.25, -0.2) is 0 Å². The zero-order valence-electron chi connectivity index (χ0n) is 9.76. The zero-order chi connectivity index (χ0) is 10.4. The van der Waals surface area contributed by atoms with Gasteiger partial charge in [-0.2, -0.15) is 0 Å². The Bertz CT molecular complexity index is 184. The molecule has 1 rings (SSSR count). The molecule has 1 aliphatic rings. The van der Waals surface area contributed by atoms with E-state index in [4.69, 9.17) is 5.73 Å². The predicted molar refractivity (Wildman–Crippen MR) is 63.2 cm³/mol. The van der Waals surface area contributed by atoms with Crippen LogP contribution in [0, 0.1) is 5.92 Å². The highest BCUT2D eigenvalue weighted by atomic mass is 14.6. The summed E-state index contributed by atoms with van der Waals surface area (Å²) in [6.07, 6.45) is 11.6. The summed E-state index contributed by atoms with van der Waals surface area (Å²) < 4.78 is 0. The Kier molecular flexibility index (Phi) is 5.24. The molecule has 0 aromatic rings. The lowest BCUT2D eigenvalue weighted by atomic mass is 9.88. The second kappa shape index (κ2) is 6.23. The largest absolute Gasteiger partial charge is 0.324 e. The first-order valence-electron chi connectivity index (χ1n) is 6.20. The van der Waals surface area contributed by atoms with Gasteiger partial charge in [-0.1, -0.05) is 44.8 Å². The van der Waals surface area contributed by atoms with Gasteiger partial charge in [0, 0.05) is 6.04 Å². The molecule has 2 atom stereocenters. The molecule has 0 spiro atoms. The van der Waals surface area contributed by atoms with Crippen LogP contribution in [0.25, 0.3) is 0 Å². The Labute approximate surface area is 88.8 Å². The van der Waals surface area contributed by atoms with Crippen LogP contribution in [0.2, 0.25) is 0 Å². The minimum absolute atomic E-state index is 0.318. The molecule has 0 radical (unpaired) electrons. The maximum absolute atomic E-state index is 6.25. The first-order valence-corrected chi connectivity index (χ1v) is 6.20. The molecule has 2 unspecified atom stereocenters. The van der Waals surface area contributed by atoms with Crippen LogP contribution < -0.4 is 5.73 Å². The second-order valence-corrected chi connectivity index (χ2v) is 4.64. The normalized spacial score (nSPS) is 23.2. The van der Waals surface area contributed by atoms with E-state index in [0.29, 0.717) is 12.0 Å². The molecule has 82 valence electrons. The standard InChI is InChI=1S/C13H25N/c1-3-11(2)13(14)12-9-7-5-4-6-8-10-12/h9,11,13H,3-8,10,14H2,1-2H3. The Hall–Kier alpha value is -0.300. The van der Waals surface area contributed by atoms with Crippen LogP contribution in [0.3, 0.4) is 0 Å². The van der Waals surface area contributed by atoms with E-state index in [-0.39, 0.29) is 0 Å². The van der Waals surface area contributed by atoms with Crippen molar-refractivity contribution in [2.24, 2.45) is 11.7 Å². The van der Waals surface area contributed by atoms with Gasteiger partial charge in [-0.3, -0.25) is 0 Å². The molecule has 0 heterocycles. The smallest absolute Gasteiger partial charge is 0.0279 e. The van der Waals surface area contributed by atoms with Gasteiger partial charge in [0.15, 0.2) is 0 Å². The van der Waals surface area contributed by atoms with E-state index < -0.39 is 0 Å². The Balaban J connectivity index is 2.53. The van der Waals surface area contributed by atoms with Crippen molar-refractivity contribution in [3.8, 4) is 0 Å². The van der Waals surface area contributed by atoms with E-state index in [0.717, 1.165) is 0 Å².